The van der Waals surface area contributed by atoms with Gasteiger partial charge in [-0.1, -0.05) is 137 Å². The molecule has 7 aromatic rings. The van der Waals surface area contributed by atoms with Crippen molar-refractivity contribution in [1.82, 2.24) is 77.3 Å². The highest BCUT2D eigenvalue weighted by Crippen LogP contribution is 2.29. The topological polar surface area (TPSA) is 537 Å². The lowest BCUT2D eigenvalue weighted by molar-refractivity contribution is -0.152. The maximum absolute atomic E-state index is 15.7. The van der Waals surface area contributed by atoms with Crippen LogP contribution in [0, 0.1) is 23.4 Å². The SMILES string of the molecule is CCCC[C@H]1C(=O)N2CCC[C@@H]2C(=O)N[C@@H](CC(=O)O)C(=O)N[C@@H](C(C)C)C(=O)N(C)[C@@H](Cc2ccccc2)C(=O)N[C@@H](Cc2ccc(O)cc2)C(=O)N2CCC[C@@H]2C(=O)N[C@@H](Cc2c[nH]c3ccccc23)C(=O)N[C@@H](Cc2ccc(O)cc2)C(=O)N[C@@H](CC(=O)O)C(=O)N[C@H](C(=O)NCC(N)=O)CSCC(=O)N[C@@H](Cc2cc(F)c(F)c(F)c2)C(=O)N(C)[C@@H](Cc2ccccc2)C(=O)N1C. The summed E-state index contributed by atoms with van der Waals surface area (Å²) in [4.78, 5) is 259. The van der Waals surface area contributed by atoms with Crippen molar-refractivity contribution in [3.8, 4) is 11.5 Å². The Morgan fingerprint density at radius 1 is 0.478 bits per heavy atom. The number of halogens is 3. The molecule has 0 spiro atoms. The number of carbonyl (C=O) groups excluding carboxylic acids is 15. The zero-order valence-electron chi connectivity index (χ0n) is 75.7. The summed E-state index contributed by atoms with van der Waals surface area (Å²) in [6.45, 7) is 3.78. The molecule has 3 fully saturated rings. The van der Waals surface area contributed by atoms with E-state index in [-0.39, 0.29) is 94.4 Å². The fourth-order valence-corrected chi connectivity index (χ4v) is 17.5. The van der Waals surface area contributed by atoms with Crippen molar-refractivity contribution < 1.29 is 115 Å². The summed E-state index contributed by atoms with van der Waals surface area (Å²) in [7, 11) is 3.69. The van der Waals surface area contributed by atoms with Gasteiger partial charge in [-0.15, -0.1) is 11.8 Å². The number of nitrogens with zero attached hydrogens (tertiary/aromatic N) is 5. The molecular formula is C95H113F3N16O21S. The first-order chi connectivity index (χ1) is 64.8. The molecule has 136 heavy (non-hydrogen) atoms. The molecule has 0 radical (unpaired) electrons. The van der Waals surface area contributed by atoms with Crippen LogP contribution in [0.4, 0.5) is 13.2 Å². The van der Waals surface area contributed by atoms with Crippen LogP contribution in [0.5, 0.6) is 11.5 Å². The van der Waals surface area contributed by atoms with E-state index in [2.05, 4.69) is 52.8 Å². The maximum Gasteiger partial charge on any atom is 0.305 e. The molecule has 15 amide bonds. The molecule has 6 aromatic carbocycles. The first-order valence-corrected chi connectivity index (χ1v) is 45.7. The minimum atomic E-state index is -2.17. The van der Waals surface area contributed by atoms with E-state index < -0.39 is 252 Å². The summed E-state index contributed by atoms with van der Waals surface area (Å²) in [6, 6.07) is 13.1. The number of aliphatic carboxylic acids is 2. The van der Waals surface area contributed by atoms with Gasteiger partial charge in [0.1, 0.15) is 90.0 Å². The number of phenols is 2. The van der Waals surface area contributed by atoms with E-state index in [0.29, 0.717) is 63.5 Å². The van der Waals surface area contributed by atoms with Gasteiger partial charge < -0.3 is 103 Å². The number of primary amides is 1. The molecule has 13 atom stereocenters. The fraction of sp³-hybridized carbons (Fsp3) is 0.421. The second-order valence-electron chi connectivity index (χ2n) is 34.3. The number of aromatic amines is 1. The Morgan fingerprint density at radius 2 is 0.926 bits per heavy atom. The number of likely N-dealkylation sites (N-methyl/N-ethyl adjacent to an activating group) is 3. The fourth-order valence-electron chi connectivity index (χ4n) is 16.7. The molecule has 3 saturated heterocycles. The van der Waals surface area contributed by atoms with Crippen molar-refractivity contribution in [3.63, 3.8) is 0 Å². The molecule has 41 heteroatoms. The monoisotopic (exact) mass is 1900 g/mol. The number of hydrogen-bond acceptors (Lipinski definition) is 20. The lowest BCUT2D eigenvalue weighted by Crippen LogP contribution is -2.62. The lowest BCUT2D eigenvalue weighted by atomic mass is 9.98. The molecule has 1 aromatic heterocycles. The number of aromatic hydroxyl groups is 2. The second-order valence-corrected chi connectivity index (χ2v) is 35.3. The molecule has 0 unspecified atom stereocenters. The predicted molar refractivity (Wildman–Crippen MR) is 489 cm³/mol. The van der Waals surface area contributed by atoms with Crippen LogP contribution in [0.25, 0.3) is 10.9 Å². The number of rotatable bonds is 23. The molecule has 10 rings (SSSR count). The van der Waals surface area contributed by atoms with Crippen molar-refractivity contribution in [2.24, 2.45) is 11.7 Å². The van der Waals surface area contributed by atoms with Crippen molar-refractivity contribution in [1.29, 1.82) is 0 Å². The summed E-state index contributed by atoms with van der Waals surface area (Å²) in [5, 5.41) is 65.0. The average molecular weight is 1900 g/mol. The van der Waals surface area contributed by atoms with Crippen molar-refractivity contribution >= 4 is 123 Å². The van der Waals surface area contributed by atoms with E-state index in [1.165, 1.54) is 72.4 Å². The van der Waals surface area contributed by atoms with Crippen molar-refractivity contribution in [3.05, 3.63) is 203 Å². The number of benzene rings is 6. The van der Waals surface area contributed by atoms with E-state index in [9.17, 15) is 63.2 Å². The lowest BCUT2D eigenvalue weighted by Gasteiger charge is -2.38. The van der Waals surface area contributed by atoms with Gasteiger partial charge in [0, 0.05) is 95.6 Å². The molecule has 4 heterocycles. The number of carbonyl (C=O) groups is 17. The largest absolute Gasteiger partial charge is 0.508 e. The Morgan fingerprint density at radius 3 is 1.47 bits per heavy atom. The highest BCUT2D eigenvalue weighted by molar-refractivity contribution is 8.00. The molecule has 3 aliphatic heterocycles. The number of unbranched alkanes of at least 4 members (excludes halogenated alkanes) is 1. The molecule has 37 nitrogen and oxygen atoms in total. The van der Waals surface area contributed by atoms with Gasteiger partial charge in [0.15, 0.2) is 17.5 Å². The summed E-state index contributed by atoms with van der Waals surface area (Å²) in [5.41, 5.74) is 7.56. The van der Waals surface area contributed by atoms with Gasteiger partial charge in [0.05, 0.1) is 25.1 Å². The number of nitrogens with one attached hydrogen (secondary N) is 10. The number of aromatic nitrogens is 1. The number of amides is 15. The maximum atomic E-state index is 15.7. The van der Waals surface area contributed by atoms with E-state index in [1.807, 2.05) is 0 Å². The van der Waals surface area contributed by atoms with Crippen LogP contribution in [0.15, 0.2) is 152 Å². The molecule has 0 saturated carbocycles. The standard InChI is InChI=1S/C95H113F3N16O21S/c1-7-8-25-74-94(134)114-37-18-27-73(114)89(129)106-68(47-80(121)122)87(127)109-82(52(2)3)95(135)111(5)75(43-53-19-11-9-12-20-53)90(130)107-70(41-56-30-34-60(116)35-31-56)92(132)113-36-17-26-72(113)88(128)105-66(45-58-48-100-64-24-16-15-23-61(58)64)85(125)103-65(40-55-28-32-59(115)33-29-55)84(124)104-67(46-79(119)120)86(126)108-71(83(123)101-49-77(99)117)50-136-51-78(118)102-69(42-57-38-62(96)81(98)63(97)39-57)91(131)112(6)76(93(133)110(74)4)44-54-21-13-10-14-22-54/h9-16,19-24,28-35,38-39,48,52,65-76,82,100,115-116H,7-8,17-18,25-27,36-37,40-47,49-51H2,1-6H3,(H2,99,117)(H,101,123)(H,102,118)(H,103,125)(H,104,124)(H,105,128)(H,106,129)(H,107,130)(H,108,126)(H,109,127)(H,119,120)(H,121,122)/t65-,66-,67-,68-,69-,70-,71-,72+,73+,74-,75-,76-,82-/m0/s1. The summed E-state index contributed by atoms with van der Waals surface area (Å²) >= 11 is 0.561. The summed E-state index contributed by atoms with van der Waals surface area (Å²) < 4.78 is 45.1. The Balaban J connectivity index is 1.06. The van der Waals surface area contributed by atoms with Crippen LogP contribution >= 0.6 is 11.8 Å². The first-order valence-electron chi connectivity index (χ1n) is 44.5. The number of hydrogen-bond donors (Lipinski definition) is 15. The third kappa shape index (κ3) is 28.1. The number of para-hydroxylation sites is 1. The zero-order valence-corrected chi connectivity index (χ0v) is 76.6. The third-order valence-electron chi connectivity index (χ3n) is 24.1. The minimum Gasteiger partial charge on any atom is -0.508 e. The van der Waals surface area contributed by atoms with Crippen LogP contribution in [0.1, 0.15) is 112 Å². The Bertz CT molecular complexity index is 5510. The number of carboxylic acids is 2. The number of thioether (sulfide) groups is 1. The van der Waals surface area contributed by atoms with Crippen LogP contribution in [0.2, 0.25) is 0 Å². The number of H-pyrrole nitrogens is 1. The minimum absolute atomic E-state index is 0.0444. The van der Waals surface area contributed by atoms with E-state index in [0.717, 1.165) is 21.7 Å². The zero-order chi connectivity index (χ0) is 98.9. The summed E-state index contributed by atoms with van der Waals surface area (Å²) in [5.74, 6) is -27.1. The van der Waals surface area contributed by atoms with Crippen molar-refractivity contribution in [2.45, 2.75) is 196 Å². The predicted octanol–water partition coefficient (Wildman–Crippen LogP) is 2.24. The molecule has 726 valence electrons. The molecule has 3 aliphatic rings. The highest BCUT2D eigenvalue weighted by Gasteiger charge is 2.47. The van der Waals surface area contributed by atoms with Crippen LogP contribution in [0.3, 0.4) is 0 Å². The van der Waals surface area contributed by atoms with Crippen LogP contribution in [-0.4, -0.2) is 281 Å². The van der Waals surface area contributed by atoms with Crippen molar-refractivity contribution in [2.75, 3.05) is 52.3 Å². The summed E-state index contributed by atoms with van der Waals surface area (Å²) in [6.07, 6.45) is -2.43. The molecule has 16 N–H and O–H groups in total. The van der Waals surface area contributed by atoms with Gasteiger partial charge in [-0.25, -0.2) is 13.2 Å². The van der Waals surface area contributed by atoms with Gasteiger partial charge >= 0.3 is 11.9 Å². The number of carboxylic acid groups (broad SMARTS) is 2. The number of nitrogens with two attached hydrogens (primary N) is 1. The molecule has 0 bridgehead atoms. The number of phenolic OH excluding ortho intramolecular Hbond substituents is 2. The van der Waals surface area contributed by atoms with E-state index in [1.54, 1.807) is 112 Å². The van der Waals surface area contributed by atoms with Gasteiger partial charge in [0.25, 0.3) is 0 Å². The first kappa shape index (κ1) is 104. The van der Waals surface area contributed by atoms with Gasteiger partial charge in [-0.3, -0.25) is 81.5 Å². The average Bonchev–Trinajstić information content (AvgIpc) is 1.50. The molecule has 0 aliphatic carbocycles. The Kier molecular flexibility index (Phi) is 37.0. The van der Waals surface area contributed by atoms with E-state index >= 15 is 51.9 Å². The Hall–Kier alpha value is -14.4. The second kappa shape index (κ2) is 48.5. The van der Waals surface area contributed by atoms with Gasteiger partial charge in [-0.2, -0.15) is 0 Å². The number of fused-ring (bicyclic) bond motifs is 3. The Labute approximate surface area is 785 Å². The molecular weight excluding hydrogens is 1790 g/mol. The highest BCUT2D eigenvalue weighted by atomic mass is 32.2. The van der Waals surface area contributed by atoms with Gasteiger partial charge in [-0.05, 0) is 114 Å². The normalized spacial score (nSPS) is 23.2. The van der Waals surface area contributed by atoms with Crippen LogP contribution < -0.4 is 53.6 Å². The van der Waals surface area contributed by atoms with Crippen LogP contribution in [-0.2, 0) is 120 Å². The van der Waals surface area contributed by atoms with E-state index in [4.69, 9.17) is 5.73 Å². The third-order valence-corrected chi connectivity index (χ3v) is 25.1. The quantitative estimate of drug-likeness (QED) is 0.0408. The van der Waals surface area contributed by atoms with Gasteiger partial charge in [0.2, 0.25) is 88.6 Å². The smallest absolute Gasteiger partial charge is 0.305 e.